The maximum atomic E-state index is 12.4. The lowest BCUT2D eigenvalue weighted by atomic mass is 10.1. The molecule has 0 heterocycles. The van der Waals surface area contributed by atoms with Crippen molar-refractivity contribution < 1.29 is 17.9 Å². The molecular formula is C25H27IN2O4S. The first kappa shape index (κ1) is 25.0. The summed E-state index contributed by atoms with van der Waals surface area (Å²) < 4.78 is 32.7. The SMILES string of the molecule is CCc1ccc(OCCNC(=O)c2ccc(CN(c3ccc(I)cc3)S(C)(=O)=O)cc2)cc1. The van der Waals surface area contributed by atoms with Crippen molar-refractivity contribution in [3.8, 4) is 5.75 Å². The summed E-state index contributed by atoms with van der Waals surface area (Å²) in [7, 11) is -3.46. The van der Waals surface area contributed by atoms with Gasteiger partial charge in [0.15, 0.2) is 0 Å². The van der Waals surface area contributed by atoms with Gasteiger partial charge >= 0.3 is 0 Å². The van der Waals surface area contributed by atoms with E-state index in [0.717, 1.165) is 21.3 Å². The molecule has 0 saturated heterocycles. The van der Waals surface area contributed by atoms with Crippen LogP contribution in [-0.4, -0.2) is 33.7 Å². The number of sulfonamides is 1. The molecule has 0 radical (unpaired) electrons. The van der Waals surface area contributed by atoms with Crippen LogP contribution in [-0.2, 0) is 23.0 Å². The zero-order valence-electron chi connectivity index (χ0n) is 18.6. The fourth-order valence-electron chi connectivity index (χ4n) is 3.19. The Bertz CT molecular complexity index is 1160. The Morgan fingerprint density at radius 2 is 1.55 bits per heavy atom. The number of hydrogen-bond donors (Lipinski definition) is 1. The zero-order chi connectivity index (χ0) is 23.8. The number of carbonyl (C=O) groups is 1. The highest BCUT2D eigenvalue weighted by Crippen LogP contribution is 2.22. The van der Waals surface area contributed by atoms with Crippen LogP contribution in [0.2, 0.25) is 0 Å². The van der Waals surface area contributed by atoms with E-state index < -0.39 is 10.0 Å². The van der Waals surface area contributed by atoms with E-state index in [2.05, 4.69) is 34.8 Å². The average molecular weight is 578 g/mol. The average Bonchev–Trinajstić information content (AvgIpc) is 2.81. The van der Waals surface area contributed by atoms with Crippen LogP contribution in [0.4, 0.5) is 5.69 Å². The van der Waals surface area contributed by atoms with Gasteiger partial charge < -0.3 is 10.1 Å². The molecule has 1 N–H and O–H groups in total. The molecule has 0 spiro atoms. The topological polar surface area (TPSA) is 75.7 Å². The fourth-order valence-corrected chi connectivity index (χ4v) is 4.44. The van der Waals surface area contributed by atoms with Crippen LogP contribution in [0.3, 0.4) is 0 Å². The predicted molar refractivity (Wildman–Crippen MR) is 140 cm³/mol. The highest BCUT2D eigenvalue weighted by Gasteiger charge is 2.18. The predicted octanol–water partition coefficient (Wildman–Crippen LogP) is 4.63. The number of nitrogens with one attached hydrogen (secondary N) is 1. The summed E-state index contributed by atoms with van der Waals surface area (Å²) in [5, 5.41) is 2.84. The van der Waals surface area contributed by atoms with Crippen molar-refractivity contribution in [2.24, 2.45) is 0 Å². The number of nitrogens with zero attached hydrogens (tertiary/aromatic N) is 1. The Hall–Kier alpha value is -2.59. The minimum atomic E-state index is -3.46. The molecule has 33 heavy (non-hydrogen) atoms. The highest BCUT2D eigenvalue weighted by molar-refractivity contribution is 14.1. The lowest BCUT2D eigenvalue weighted by Crippen LogP contribution is -2.29. The van der Waals surface area contributed by atoms with E-state index in [4.69, 9.17) is 4.74 Å². The molecule has 0 aliphatic heterocycles. The van der Waals surface area contributed by atoms with Crippen LogP contribution in [0, 0.1) is 3.57 Å². The number of carbonyl (C=O) groups excluding carboxylic acids is 1. The third kappa shape index (κ3) is 7.46. The summed E-state index contributed by atoms with van der Waals surface area (Å²) in [5.74, 6) is 0.568. The molecule has 3 aromatic rings. The van der Waals surface area contributed by atoms with Crippen LogP contribution >= 0.6 is 22.6 Å². The highest BCUT2D eigenvalue weighted by atomic mass is 127. The van der Waals surface area contributed by atoms with E-state index >= 15 is 0 Å². The molecule has 3 rings (SSSR count). The lowest BCUT2D eigenvalue weighted by molar-refractivity contribution is 0.0947. The molecule has 6 nitrogen and oxygen atoms in total. The van der Waals surface area contributed by atoms with Gasteiger partial charge in [-0.3, -0.25) is 9.10 Å². The first-order valence-electron chi connectivity index (χ1n) is 10.6. The standard InChI is InChI=1S/C25H27IN2O4S/c1-3-19-6-14-24(15-7-19)32-17-16-27-25(29)21-8-4-20(5-9-21)18-28(33(2,30)31)23-12-10-22(26)11-13-23/h4-15H,3,16-18H2,1-2H3,(H,27,29). The summed E-state index contributed by atoms with van der Waals surface area (Å²) in [6.07, 6.45) is 2.17. The number of anilines is 1. The van der Waals surface area contributed by atoms with Gasteiger partial charge in [0, 0.05) is 9.13 Å². The van der Waals surface area contributed by atoms with Crippen molar-refractivity contribution in [1.29, 1.82) is 0 Å². The van der Waals surface area contributed by atoms with Gasteiger partial charge in [0.25, 0.3) is 5.91 Å². The number of hydrogen-bond acceptors (Lipinski definition) is 4. The molecular weight excluding hydrogens is 551 g/mol. The number of rotatable bonds is 10. The quantitative estimate of drug-likeness (QED) is 0.281. The first-order chi connectivity index (χ1) is 15.8. The van der Waals surface area contributed by atoms with Gasteiger partial charge in [-0.25, -0.2) is 8.42 Å². The van der Waals surface area contributed by atoms with E-state index in [1.165, 1.54) is 16.1 Å². The number of benzene rings is 3. The minimum Gasteiger partial charge on any atom is -0.492 e. The van der Waals surface area contributed by atoms with Crippen LogP contribution in [0.5, 0.6) is 5.75 Å². The molecule has 174 valence electrons. The lowest BCUT2D eigenvalue weighted by Gasteiger charge is -2.22. The number of amides is 1. The molecule has 0 atom stereocenters. The van der Waals surface area contributed by atoms with E-state index in [9.17, 15) is 13.2 Å². The number of aryl methyl sites for hydroxylation is 1. The molecule has 0 aliphatic carbocycles. The maximum absolute atomic E-state index is 12.4. The second-order valence-electron chi connectivity index (χ2n) is 7.54. The molecule has 0 saturated carbocycles. The molecule has 1 amide bonds. The molecule has 8 heteroatoms. The maximum Gasteiger partial charge on any atom is 0.251 e. The van der Waals surface area contributed by atoms with Gasteiger partial charge in [0.1, 0.15) is 12.4 Å². The van der Waals surface area contributed by atoms with Crippen molar-refractivity contribution in [3.63, 3.8) is 0 Å². The van der Waals surface area contributed by atoms with Gasteiger partial charge in [-0.15, -0.1) is 0 Å². The van der Waals surface area contributed by atoms with Gasteiger partial charge in [-0.2, -0.15) is 0 Å². The van der Waals surface area contributed by atoms with Crippen molar-refractivity contribution >= 4 is 44.2 Å². The van der Waals surface area contributed by atoms with Gasteiger partial charge in [-0.05, 0) is 88.7 Å². The summed E-state index contributed by atoms with van der Waals surface area (Å²) in [4.78, 5) is 12.4. The van der Waals surface area contributed by atoms with Crippen molar-refractivity contribution in [2.75, 3.05) is 23.7 Å². The minimum absolute atomic E-state index is 0.186. The van der Waals surface area contributed by atoms with E-state index in [1.54, 1.807) is 36.4 Å². The normalized spacial score (nSPS) is 11.1. The Kier molecular flexibility index (Phi) is 8.74. The first-order valence-corrected chi connectivity index (χ1v) is 13.5. The van der Waals surface area contributed by atoms with E-state index in [-0.39, 0.29) is 12.5 Å². The van der Waals surface area contributed by atoms with E-state index in [0.29, 0.717) is 24.4 Å². The zero-order valence-corrected chi connectivity index (χ0v) is 21.6. The molecule has 0 aliphatic rings. The Morgan fingerprint density at radius 1 is 0.939 bits per heavy atom. The summed E-state index contributed by atoms with van der Waals surface area (Å²) in [5.41, 5.74) is 3.14. The third-order valence-electron chi connectivity index (χ3n) is 5.05. The Labute approximate surface area is 209 Å². The molecule has 0 aromatic heterocycles. The van der Waals surface area contributed by atoms with Crippen molar-refractivity contribution in [3.05, 3.63) is 93.1 Å². The van der Waals surface area contributed by atoms with Crippen LogP contribution < -0.4 is 14.4 Å². The Morgan fingerprint density at radius 3 is 2.12 bits per heavy atom. The second-order valence-corrected chi connectivity index (χ2v) is 10.7. The third-order valence-corrected chi connectivity index (χ3v) is 6.90. The summed E-state index contributed by atoms with van der Waals surface area (Å²) in [6.45, 7) is 3.04. The largest absolute Gasteiger partial charge is 0.492 e. The van der Waals surface area contributed by atoms with Crippen LogP contribution in [0.25, 0.3) is 0 Å². The Balaban J connectivity index is 1.54. The van der Waals surface area contributed by atoms with Crippen LogP contribution in [0.15, 0.2) is 72.8 Å². The number of ether oxygens (including phenoxy) is 1. The molecule has 0 unspecified atom stereocenters. The van der Waals surface area contributed by atoms with Crippen molar-refractivity contribution in [2.45, 2.75) is 19.9 Å². The smallest absolute Gasteiger partial charge is 0.251 e. The molecule has 3 aromatic carbocycles. The fraction of sp³-hybridized carbons (Fsp3) is 0.240. The molecule has 0 bridgehead atoms. The molecule has 0 fully saturated rings. The van der Waals surface area contributed by atoms with Gasteiger partial charge in [0.05, 0.1) is 25.0 Å². The van der Waals surface area contributed by atoms with E-state index in [1.807, 2.05) is 36.4 Å². The second kappa shape index (κ2) is 11.5. The summed E-state index contributed by atoms with van der Waals surface area (Å²) >= 11 is 2.18. The van der Waals surface area contributed by atoms with Crippen molar-refractivity contribution in [1.82, 2.24) is 5.32 Å². The van der Waals surface area contributed by atoms with Gasteiger partial charge in [-0.1, -0.05) is 31.2 Å². The van der Waals surface area contributed by atoms with Crippen LogP contribution in [0.1, 0.15) is 28.4 Å². The monoisotopic (exact) mass is 578 g/mol. The van der Waals surface area contributed by atoms with Gasteiger partial charge in [0.2, 0.25) is 10.0 Å². The summed E-state index contributed by atoms with van der Waals surface area (Å²) in [6, 6.07) is 22.1. The number of halogens is 1.